The molecule has 17 nitrogen and oxygen atoms in total. The maximum absolute atomic E-state index is 14.6. The molecule has 0 bridgehead atoms. The summed E-state index contributed by atoms with van der Waals surface area (Å²) >= 11 is 0.610. The number of hydrogen-bond acceptors (Lipinski definition) is 12. The van der Waals surface area contributed by atoms with Crippen molar-refractivity contribution in [3.63, 3.8) is 0 Å². The maximum atomic E-state index is 14.6. The van der Waals surface area contributed by atoms with Crippen LogP contribution in [0.4, 0.5) is 8.78 Å². The van der Waals surface area contributed by atoms with Crippen molar-refractivity contribution in [2.24, 2.45) is 10.5 Å². The fourth-order valence-electron chi connectivity index (χ4n) is 3.18. The number of aromatic nitrogens is 2. The van der Waals surface area contributed by atoms with Gasteiger partial charge in [-0.1, -0.05) is 37.6 Å². The van der Waals surface area contributed by atoms with Crippen molar-refractivity contribution >= 4 is 47.1 Å². The Balaban J connectivity index is 2.09. The Morgan fingerprint density at radius 1 is 1.29 bits per heavy atom. The van der Waals surface area contributed by atoms with Crippen molar-refractivity contribution < 1.29 is 55.2 Å². The van der Waals surface area contributed by atoms with Gasteiger partial charge in [0.15, 0.2) is 5.12 Å². The zero-order valence-electron chi connectivity index (χ0n) is 22.5. The summed E-state index contributed by atoms with van der Waals surface area (Å²) < 4.78 is 85.4. The van der Waals surface area contributed by atoms with Gasteiger partial charge in [0.1, 0.15) is 6.23 Å². The van der Waals surface area contributed by atoms with Crippen LogP contribution >= 0.6 is 34.4 Å². The number of ether oxygens (including phenoxy) is 1. The number of halogens is 2. The molecule has 2 heterocycles. The third-order valence-corrected chi connectivity index (χ3v) is 12.3. The fourth-order valence-corrected chi connectivity index (χ4v) is 8.53. The van der Waals surface area contributed by atoms with Gasteiger partial charge < -0.3 is 35.7 Å². The topological polar surface area (TPSA) is 249 Å². The minimum Gasteiger partial charge on any atom is -0.443 e. The van der Waals surface area contributed by atoms with E-state index in [9.17, 15) is 46.6 Å². The Morgan fingerprint density at radius 3 is 2.48 bits per heavy atom. The van der Waals surface area contributed by atoms with Crippen LogP contribution in [0.5, 0.6) is 0 Å². The Labute approximate surface area is 242 Å². The highest BCUT2D eigenvalue weighted by atomic mass is 32.2. The lowest BCUT2D eigenvalue weighted by Gasteiger charge is -2.33. The van der Waals surface area contributed by atoms with Crippen molar-refractivity contribution in [1.29, 1.82) is 0 Å². The highest BCUT2D eigenvalue weighted by Gasteiger charge is 2.67. The molecule has 24 heteroatoms. The number of rotatable bonds is 13. The largest absolute Gasteiger partial charge is 0.444 e. The molecule has 0 spiro atoms. The summed E-state index contributed by atoms with van der Waals surface area (Å²) in [4.78, 5) is 59.7. The number of carbonyl (C=O) groups is 1. The molecule has 1 saturated heterocycles. The Hall–Kier alpha value is -1.62. The van der Waals surface area contributed by atoms with Crippen LogP contribution in [0.25, 0.3) is 10.4 Å². The molecular formula is C18H27BF2N5O12P3S-. The molecule has 1 aliphatic rings. The quantitative estimate of drug-likeness (QED) is 0.0676. The van der Waals surface area contributed by atoms with Gasteiger partial charge >= 0.3 is 26.3 Å². The molecule has 0 aliphatic carbocycles. The first-order valence-corrected chi connectivity index (χ1v) is 17.4. The zero-order chi connectivity index (χ0) is 32.3. The first kappa shape index (κ1) is 36.6. The number of alkyl halides is 2. The number of nitrogens with zero attached hydrogens (tertiary/aromatic N) is 4. The van der Waals surface area contributed by atoms with Crippen LogP contribution in [0.15, 0.2) is 20.9 Å². The summed E-state index contributed by atoms with van der Waals surface area (Å²) in [7, 11) is -13.2. The van der Waals surface area contributed by atoms with Crippen molar-refractivity contribution in [1.82, 2.24) is 9.55 Å². The van der Waals surface area contributed by atoms with Crippen molar-refractivity contribution in [2.75, 3.05) is 19.0 Å². The van der Waals surface area contributed by atoms with Crippen LogP contribution in [0.3, 0.4) is 0 Å². The average molecular weight is 679 g/mol. The summed E-state index contributed by atoms with van der Waals surface area (Å²) in [6, 6.07) is -1.13. The smallest absolute Gasteiger partial charge is 0.443 e. The van der Waals surface area contributed by atoms with E-state index in [0.29, 0.717) is 11.8 Å². The number of thioether (sulfide) groups is 1. The summed E-state index contributed by atoms with van der Waals surface area (Å²) in [6.07, 6.45) is -1.54. The van der Waals surface area contributed by atoms with Crippen molar-refractivity contribution in [2.45, 2.75) is 57.9 Å². The summed E-state index contributed by atoms with van der Waals surface area (Å²) in [6.45, 7) is 4.24. The normalized spacial score (nSPS) is 23.8. The van der Waals surface area contributed by atoms with Gasteiger partial charge in [0.05, 0.1) is 32.8 Å². The van der Waals surface area contributed by atoms with E-state index in [0.717, 1.165) is 10.8 Å². The molecule has 3 N–H and O–H groups in total. The number of hydrogen-bond donors (Lipinski definition) is 3. The Bertz CT molecular complexity index is 1500. The standard InChI is InChI=1S/C18H27BF2N5O12P3S/c1-10-8-26(16(29)23-14(10)27)13-7-11(24-25-22)12(37-13)9-36-41(19,34)38-40(32,33)18(20,21)39(30,31)35-5-6-42-15(28)17(2,3)4/h8,11-13H,5-7,9H2,1-4H3,(H,30,31)(H,32,33)(H,23,27,29)/q-1/t11-,12+,13+,41-/m0/s1. The second-order valence-corrected chi connectivity index (χ2v) is 16.7. The molecule has 2 unspecified atom stereocenters. The Morgan fingerprint density at radius 2 is 1.90 bits per heavy atom. The van der Waals surface area contributed by atoms with Gasteiger partial charge in [-0.3, -0.25) is 32.6 Å². The molecule has 1 aromatic rings. The highest BCUT2D eigenvalue weighted by Crippen LogP contribution is 2.79. The van der Waals surface area contributed by atoms with E-state index in [1.54, 1.807) is 20.8 Å². The second kappa shape index (κ2) is 13.6. The van der Waals surface area contributed by atoms with Crippen LogP contribution in [0.2, 0.25) is 0 Å². The monoisotopic (exact) mass is 679 g/mol. The van der Waals surface area contributed by atoms with E-state index in [1.165, 1.54) is 6.92 Å². The summed E-state index contributed by atoms with van der Waals surface area (Å²) in [5.74, 6) is -0.356. The number of nitrogens with one attached hydrogen (secondary N) is 1. The van der Waals surface area contributed by atoms with E-state index in [-0.39, 0.29) is 22.9 Å². The molecule has 0 aromatic carbocycles. The molecule has 1 aromatic heterocycles. The summed E-state index contributed by atoms with van der Waals surface area (Å²) in [5, 5.41) is -2.48. The minimum absolute atomic E-state index is 0.125. The van der Waals surface area contributed by atoms with Crippen LogP contribution in [0.1, 0.15) is 39.0 Å². The lowest BCUT2D eigenvalue weighted by atomic mass is 10.00. The van der Waals surface area contributed by atoms with E-state index in [2.05, 4.69) is 23.4 Å². The van der Waals surface area contributed by atoms with Gasteiger partial charge in [0, 0.05) is 34.3 Å². The van der Waals surface area contributed by atoms with Crippen molar-refractivity contribution in [3.05, 3.63) is 43.0 Å². The van der Waals surface area contributed by atoms with Crippen LogP contribution < -0.4 is 11.2 Å². The molecule has 1 aliphatic heterocycles. The van der Waals surface area contributed by atoms with Gasteiger partial charge in [-0.2, -0.15) is 8.78 Å². The third kappa shape index (κ3) is 8.96. The number of H-pyrrole nitrogens is 1. The molecule has 1 fully saturated rings. The van der Waals surface area contributed by atoms with Crippen molar-refractivity contribution in [3.8, 4) is 0 Å². The van der Waals surface area contributed by atoms with Gasteiger partial charge in [-0.25, -0.2) is 4.79 Å². The average Bonchev–Trinajstić information content (AvgIpc) is 3.24. The van der Waals surface area contributed by atoms with E-state index < -0.39 is 76.3 Å². The molecule has 3 radical (unpaired) electrons. The lowest BCUT2D eigenvalue weighted by Crippen LogP contribution is -2.33. The summed E-state index contributed by atoms with van der Waals surface area (Å²) in [5.41, 5.74) is 6.60. The molecule has 42 heavy (non-hydrogen) atoms. The lowest BCUT2D eigenvalue weighted by molar-refractivity contribution is -0.117. The minimum atomic E-state index is -6.66. The molecule has 0 saturated carbocycles. The van der Waals surface area contributed by atoms with E-state index >= 15 is 0 Å². The van der Waals surface area contributed by atoms with E-state index in [1.807, 2.05) is 4.98 Å². The van der Waals surface area contributed by atoms with Gasteiger partial charge in [0.25, 0.3) is 5.56 Å². The third-order valence-electron chi connectivity index (χ3n) is 5.38. The first-order valence-electron chi connectivity index (χ1n) is 11.7. The predicted octanol–water partition coefficient (Wildman–Crippen LogP) is 3.36. The van der Waals surface area contributed by atoms with Gasteiger partial charge in [0.2, 0.25) is 0 Å². The maximum Gasteiger partial charge on any atom is 0.444 e. The fraction of sp³-hybridized carbons (Fsp3) is 0.722. The molecule has 0 amide bonds. The second-order valence-electron chi connectivity index (χ2n) is 9.80. The number of carbonyl (C=O) groups excluding carboxylic acids is 1. The SMILES string of the molecule is [B-][P@](=O)(OC[C@H]1O[C@@H](n2cc(C)c(=O)[nH]c2=O)C[C@@H]1N=[N+]=[N-])OP(=O)(O)C(F)(F)P(=O)(O)OCCSC(=O)C(C)(C)C. The Kier molecular flexibility index (Phi) is 11.8. The van der Waals surface area contributed by atoms with Crippen LogP contribution in [-0.4, -0.2) is 68.5 Å². The molecule has 6 atom stereocenters. The number of aromatic amines is 1. The molecule has 2 rings (SSSR count). The van der Waals surface area contributed by atoms with Crippen LogP contribution in [0, 0.1) is 12.3 Å². The van der Waals surface area contributed by atoms with E-state index in [4.69, 9.17) is 17.8 Å². The predicted molar refractivity (Wildman–Crippen MR) is 145 cm³/mol. The van der Waals surface area contributed by atoms with Gasteiger partial charge in [-0.05, 0) is 12.5 Å². The number of aryl methyl sites for hydroxylation is 1. The van der Waals surface area contributed by atoms with Gasteiger partial charge in [-0.15, -0.1) is 0 Å². The molecule has 235 valence electrons. The zero-order valence-corrected chi connectivity index (χ0v) is 26.0. The number of azide groups is 1. The highest BCUT2D eigenvalue weighted by molar-refractivity contribution is 8.13. The van der Waals surface area contributed by atoms with Crippen LogP contribution in [-0.2, 0) is 36.6 Å². The molecular weight excluding hydrogens is 652 g/mol. The first-order chi connectivity index (χ1) is 19.0.